The van der Waals surface area contributed by atoms with Crippen LogP contribution < -0.4 is 5.32 Å². The van der Waals surface area contributed by atoms with Gasteiger partial charge < -0.3 is 10.2 Å². The van der Waals surface area contributed by atoms with E-state index in [9.17, 15) is 18.0 Å². The number of aryl methyl sites for hydroxylation is 3. The molecule has 1 aliphatic heterocycles. The number of rotatable bonds is 4. The Morgan fingerprint density at radius 2 is 2.00 bits per heavy atom. The first-order chi connectivity index (χ1) is 14.7. The third-order valence-corrected chi connectivity index (χ3v) is 6.47. The monoisotopic (exact) mass is 469 g/mol. The molecule has 4 rings (SSSR count). The molecule has 0 aromatic carbocycles. The van der Waals surface area contributed by atoms with Crippen molar-refractivity contribution in [2.24, 2.45) is 5.92 Å². The summed E-state index contributed by atoms with van der Waals surface area (Å²) in [4.78, 5) is 25.7. The van der Waals surface area contributed by atoms with Crippen LogP contribution in [0.2, 0.25) is 0 Å². The predicted octanol–water partition coefficient (Wildman–Crippen LogP) is 5.36. The van der Waals surface area contributed by atoms with Crippen molar-refractivity contribution < 1.29 is 18.0 Å². The van der Waals surface area contributed by atoms with Crippen molar-refractivity contribution >= 4 is 40.0 Å². The van der Waals surface area contributed by atoms with Gasteiger partial charge in [0.1, 0.15) is 5.82 Å². The number of pyridine rings is 1. The molecule has 1 unspecified atom stereocenters. The minimum absolute atomic E-state index is 0.0439. The Morgan fingerprint density at radius 3 is 2.52 bits per heavy atom. The number of hydrogen-bond acceptors (Lipinski definition) is 7. The lowest BCUT2D eigenvalue weighted by molar-refractivity contribution is -0.170. The molecular weight excluding hydrogens is 447 g/mol. The molecule has 11 heteroatoms. The van der Waals surface area contributed by atoms with E-state index in [1.165, 1.54) is 0 Å². The lowest BCUT2D eigenvalue weighted by Crippen LogP contribution is -2.26. The maximum Gasteiger partial charge on any atom is 0.393 e. The molecule has 0 radical (unpaired) electrons. The largest absolute Gasteiger partial charge is 0.393 e. The van der Waals surface area contributed by atoms with Crippen LogP contribution in [0.3, 0.4) is 0 Å². The molecule has 6 nitrogen and oxygen atoms in total. The Bertz CT molecular complexity index is 1020. The second-order valence-electron chi connectivity index (χ2n) is 7.16. The van der Waals surface area contributed by atoms with Gasteiger partial charge in [-0.15, -0.1) is 22.7 Å². The maximum atomic E-state index is 11.9. The zero-order valence-corrected chi connectivity index (χ0v) is 18.9. The summed E-state index contributed by atoms with van der Waals surface area (Å²) in [7, 11) is 0. The second-order valence-corrected chi connectivity index (χ2v) is 9.22. The highest BCUT2D eigenvalue weighted by atomic mass is 32.1. The fraction of sp³-hybridized carbons (Fsp3) is 0.400. The van der Waals surface area contributed by atoms with Gasteiger partial charge in [0.05, 0.1) is 27.2 Å². The van der Waals surface area contributed by atoms with E-state index >= 15 is 0 Å². The van der Waals surface area contributed by atoms with Crippen LogP contribution in [0.1, 0.15) is 22.7 Å². The summed E-state index contributed by atoms with van der Waals surface area (Å²) in [6, 6.07) is 3.99. The maximum absolute atomic E-state index is 11.9. The van der Waals surface area contributed by atoms with Gasteiger partial charge in [-0.05, 0) is 38.8 Å². The molecule has 1 N–H and O–H groups in total. The number of nitrogens with one attached hydrogen (secondary N) is 1. The van der Waals surface area contributed by atoms with Gasteiger partial charge in [-0.3, -0.25) is 4.79 Å². The molecule has 0 saturated carbocycles. The molecule has 0 aliphatic carbocycles. The van der Waals surface area contributed by atoms with Crippen molar-refractivity contribution in [3.8, 4) is 10.6 Å². The smallest absolute Gasteiger partial charge is 0.345 e. The van der Waals surface area contributed by atoms with E-state index in [1.807, 2.05) is 39.1 Å². The third-order valence-electron chi connectivity index (χ3n) is 4.62. The molecule has 1 amide bonds. The number of anilines is 2. The Kier molecular flexibility index (Phi) is 7.26. The van der Waals surface area contributed by atoms with Crippen LogP contribution in [-0.4, -0.2) is 45.5 Å². The second kappa shape index (κ2) is 9.73. The van der Waals surface area contributed by atoms with Gasteiger partial charge in [-0.1, -0.05) is 6.07 Å². The van der Waals surface area contributed by atoms with Crippen molar-refractivity contribution in [2.75, 3.05) is 18.4 Å². The van der Waals surface area contributed by atoms with E-state index in [0.29, 0.717) is 6.41 Å². The topological polar surface area (TPSA) is 71.0 Å². The summed E-state index contributed by atoms with van der Waals surface area (Å²) < 4.78 is 35.8. The minimum atomic E-state index is -4.14. The number of nitrogens with zero attached hydrogens (tertiary/aromatic N) is 4. The van der Waals surface area contributed by atoms with Crippen molar-refractivity contribution in [1.82, 2.24) is 19.9 Å². The van der Waals surface area contributed by atoms with Crippen LogP contribution in [0.15, 0.2) is 23.7 Å². The highest BCUT2D eigenvalue weighted by Crippen LogP contribution is 2.33. The zero-order valence-electron chi connectivity index (χ0n) is 17.2. The highest BCUT2D eigenvalue weighted by molar-refractivity contribution is 7.16. The van der Waals surface area contributed by atoms with Gasteiger partial charge in [-0.25, -0.2) is 15.0 Å². The number of carbonyl (C=O) groups excluding carboxylic acids is 1. The summed E-state index contributed by atoms with van der Waals surface area (Å²) in [6.45, 7) is 6.11. The summed E-state index contributed by atoms with van der Waals surface area (Å²) >= 11 is 3.26. The van der Waals surface area contributed by atoms with Crippen LogP contribution >= 0.6 is 22.7 Å². The summed E-state index contributed by atoms with van der Waals surface area (Å²) in [6.07, 6.45) is -1.79. The quantitative estimate of drug-likeness (QED) is 0.521. The first kappa shape index (κ1) is 23.1. The first-order valence-electron chi connectivity index (χ1n) is 9.51. The van der Waals surface area contributed by atoms with E-state index in [2.05, 4.69) is 25.6 Å². The average molecular weight is 470 g/mol. The van der Waals surface area contributed by atoms with Crippen LogP contribution in [0.25, 0.3) is 10.6 Å². The fourth-order valence-electron chi connectivity index (χ4n) is 3.01. The molecule has 1 fully saturated rings. The van der Waals surface area contributed by atoms with E-state index in [0.717, 1.165) is 42.7 Å². The van der Waals surface area contributed by atoms with Gasteiger partial charge in [0.2, 0.25) is 6.41 Å². The standard InChI is InChI=1S/C14H14N4S2.C6H8F3NO/c1-8-4-5-12(15-6-8)18-14-17-11(7-19-14)13-9(2)16-10(3)20-13;7-6(8,9)5-1-2-10(3-5)4-11/h4-7H,1-3H3,(H,15,17,18);4-5H,1-3H2. The Labute approximate surface area is 186 Å². The van der Waals surface area contributed by atoms with Gasteiger partial charge in [0.15, 0.2) is 5.13 Å². The number of halogens is 3. The van der Waals surface area contributed by atoms with E-state index in [1.54, 1.807) is 22.7 Å². The van der Waals surface area contributed by atoms with Gasteiger partial charge in [-0.2, -0.15) is 13.2 Å². The van der Waals surface area contributed by atoms with E-state index < -0.39 is 12.1 Å². The van der Waals surface area contributed by atoms with Crippen molar-refractivity contribution in [3.63, 3.8) is 0 Å². The third kappa shape index (κ3) is 6.23. The van der Waals surface area contributed by atoms with Crippen LogP contribution in [0.5, 0.6) is 0 Å². The molecule has 0 spiro atoms. The Balaban J connectivity index is 0.000000210. The number of carbonyl (C=O) groups is 1. The van der Waals surface area contributed by atoms with E-state index in [-0.39, 0.29) is 19.5 Å². The summed E-state index contributed by atoms with van der Waals surface area (Å²) in [5, 5.41) is 7.20. The lowest BCUT2D eigenvalue weighted by Gasteiger charge is -2.13. The van der Waals surface area contributed by atoms with Crippen LogP contribution in [0.4, 0.5) is 24.1 Å². The molecule has 3 aromatic rings. The number of thiazole rings is 2. The molecule has 31 heavy (non-hydrogen) atoms. The first-order valence-corrected chi connectivity index (χ1v) is 11.2. The Morgan fingerprint density at radius 1 is 1.23 bits per heavy atom. The summed E-state index contributed by atoms with van der Waals surface area (Å²) in [5.41, 5.74) is 3.16. The molecule has 1 atom stereocenters. The number of amides is 1. The molecule has 1 aliphatic rings. The minimum Gasteiger partial charge on any atom is -0.345 e. The van der Waals surface area contributed by atoms with Crippen LogP contribution in [0, 0.1) is 26.7 Å². The number of aromatic nitrogens is 3. The number of alkyl halides is 3. The molecule has 0 bridgehead atoms. The Hall–Kier alpha value is -2.53. The lowest BCUT2D eigenvalue weighted by atomic mass is 10.1. The molecule has 4 heterocycles. The molecule has 166 valence electrons. The summed E-state index contributed by atoms with van der Waals surface area (Å²) in [5.74, 6) is -0.499. The van der Waals surface area contributed by atoms with Crippen molar-refractivity contribution in [1.29, 1.82) is 0 Å². The van der Waals surface area contributed by atoms with E-state index in [4.69, 9.17) is 0 Å². The van der Waals surface area contributed by atoms with Crippen molar-refractivity contribution in [2.45, 2.75) is 33.4 Å². The van der Waals surface area contributed by atoms with Gasteiger partial charge in [0, 0.05) is 24.7 Å². The molecular formula is C20H22F3N5OS2. The molecule has 1 saturated heterocycles. The van der Waals surface area contributed by atoms with Crippen molar-refractivity contribution in [3.05, 3.63) is 40.0 Å². The predicted molar refractivity (Wildman–Crippen MR) is 117 cm³/mol. The number of hydrogen-bond donors (Lipinski definition) is 1. The van der Waals surface area contributed by atoms with Gasteiger partial charge in [0.25, 0.3) is 0 Å². The normalized spacial score (nSPS) is 16.1. The molecule has 3 aromatic heterocycles. The highest BCUT2D eigenvalue weighted by Gasteiger charge is 2.43. The number of likely N-dealkylation sites (tertiary alicyclic amines) is 1. The zero-order chi connectivity index (χ0) is 22.6. The van der Waals surface area contributed by atoms with Crippen LogP contribution in [-0.2, 0) is 4.79 Å². The SMILES string of the molecule is Cc1ccc(Nc2nc(-c3sc(C)nc3C)cs2)nc1.O=CN1CCC(C(F)(F)F)C1. The van der Waals surface area contributed by atoms with Gasteiger partial charge >= 0.3 is 6.18 Å². The fourth-order valence-corrected chi connectivity index (χ4v) is 4.67. The average Bonchev–Trinajstić information content (AvgIpc) is 3.43.